The van der Waals surface area contributed by atoms with Gasteiger partial charge in [0.15, 0.2) is 0 Å². The average molecular weight is 385 g/mol. The summed E-state index contributed by atoms with van der Waals surface area (Å²) in [4.78, 5) is 23.5. The highest BCUT2D eigenvalue weighted by molar-refractivity contribution is 5.74. The van der Waals surface area contributed by atoms with Crippen LogP contribution >= 0.6 is 0 Å². The van der Waals surface area contributed by atoms with Crippen molar-refractivity contribution in [3.63, 3.8) is 0 Å². The predicted molar refractivity (Wildman–Crippen MR) is 112 cm³/mol. The molecule has 0 spiro atoms. The first kappa shape index (κ1) is 25.9. The Morgan fingerprint density at radius 1 is 0.741 bits per heavy atom. The van der Waals surface area contributed by atoms with Gasteiger partial charge in [0.25, 0.3) is 0 Å². The second-order valence-corrected chi connectivity index (χ2v) is 12.2. The van der Waals surface area contributed by atoms with Crippen LogP contribution in [0.3, 0.4) is 0 Å². The van der Waals surface area contributed by atoms with Crippen LogP contribution in [0.1, 0.15) is 95.9 Å². The van der Waals surface area contributed by atoms with E-state index in [2.05, 4.69) is 55.4 Å². The zero-order valence-corrected chi connectivity index (χ0v) is 19.8. The number of hydrogen-bond donors (Lipinski definition) is 2. The molecule has 27 heavy (non-hydrogen) atoms. The van der Waals surface area contributed by atoms with E-state index in [1.807, 2.05) is 0 Å². The topological polar surface area (TPSA) is 74.6 Å². The van der Waals surface area contributed by atoms with Crippen molar-refractivity contribution in [2.45, 2.75) is 95.9 Å². The molecule has 0 fully saturated rings. The fourth-order valence-electron chi connectivity index (χ4n) is 5.26. The Morgan fingerprint density at radius 3 is 1.41 bits per heavy atom. The summed E-state index contributed by atoms with van der Waals surface area (Å²) < 4.78 is 0. The fourth-order valence-corrected chi connectivity index (χ4v) is 5.26. The first-order valence-corrected chi connectivity index (χ1v) is 10.1. The molecule has 2 unspecified atom stereocenters. The van der Waals surface area contributed by atoms with Gasteiger partial charge >= 0.3 is 11.9 Å². The second kappa shape index (κ2) is 7.75. The molecular formula is C23H44O4. The van der Waals surface area contributed by atoms with Crippen molar-refractivity contribution in [1.82, 2.24) is 0 Å². The number of carboxylic acids is 2. The number of aliphatic carboxylic acids is 2. The molecule has 0 amide bonds. The highest BCUT2D eigenvalue weighted by Crippen LogP contribution is 2.57. The molecule has 0 radical (unpaired) electrons. The van der Waals surface area contributed by atoms with Crippen LogP contribution < -0.4 is 0 Å². The number of rotatable bonds is 9. The lowest BCUT2D eigenvalue weighted by Gasteiger charge is -2.55. The summed E-state index contributed by atoms with van der Waals surface area (Å²) in [6, 6.07) is 0. The van der Waals surface area contributed by atoms with Crippen molar-refractivity contribution in [2.75, 3.05) is 0 Å². The van der Waals surface area contributed by atoms with Crippen molar-refractivity contribution in [1.29, 1.82) is 0 Å². The molecule has 0 aliphatic carbocycles. The lowest BCUT2D eigenvalue weighted by atomic mass is 9.49. The van der Waals surface area contributed by atoms with Gasteiger partial charge in [0.1, 0.15) is 0 Å². The molecule has 0 aromatic rings. The van der Waals surface area contributed by atoms with E-state index in [1.54, 1.807) is 27.7 Å². The molecule has 0 heterocycles. The largest absolute Gasteiger partial charge is 0.481 e. The molecule has 0 saturated heterocycles. The van der Waals surface area contributed by atoms with Gasteiger partial charge in [0.2, 0.25) is 0 Å². The van der Waals surface area contributed by atoms with Gasteiger partial charge in [-0.25, -0.2) is 0 Å². The Hall–Kier alpha value is -1.06. The number of carboxylic acid groups (broad SMARTS) is 2. The number of hydrogen-bond acceptors (Lipinski definition) is 2. The van der Waals surface area contributed by atoms with Crippen molar-refractivity contribution in [2.24, 2.45) is 38.9 Å². The summed E-state index contributed by atoms with van der Waals surface area (Å²) in [7, 11) is 0. The maximum Gasteiger partial charge on any atom is 0.309 e. The highest BCUT2D eigenvalue weighted by atomic mass is 16.4. The standard InChI is InChI=1S/C23H44O4/c1-15(13-20(5,6)17(24)25)16(23(11,12)19(2,3)4)21(7,8)14-22(9,10)18(26)27/h15-16H,13-14H2,1-12H3,(H,24,25)(H,26,27). The average Bonchev–Trinajstić information content (AvgIpc) is 2.33. The molecule has 0 aromatic carbocycles. The Labute approximate surface area is 167 Å². The molecule has 0 bridgehead atoms. The molecule has 4 nitrogen and oxygen atoms in total. The van der Waals surface area contributed by atoms with Crippen LogP contribution in [0.5, 0.6) is 0 Å². The van der Waals surface area contributed by atoms with Crippen LogP contribution in [0.2, 0.25) is 0 Å². The predicted octanol–water partition coefficient (Wildman–Crippen LogP) is 6.34. The molecule has 2 atom stereocenters. The van der Waals surface area contributed by atoms with Crippen LogP contribution in [0.4, 0.5) is 0 Å². The van der Waals surface area contributed by atoms with E-state index in [0.29, 0.717) is 12.8 Å². The van der Waals surface area contributed by atoms with Crippen LogP contribution in [0.15, 0.2) is 0 Å². The van der Waals surface area contributed by atoms with Crippen molar-refractivity contribution in [3.8, 4) is 0 Å². The van der Waals surface area contributed by atoms with E-state index in [-0.39, 0.29) is 28.1 Å². The second-order valence-electron chi connectivity index (χ2n) is 12.2. The van der Waals surface area contributed by atoms with Gasteiger partial charge in [-0.05, 0) is 68.6 Å². The van der Waals surface area contributed by atoms with E-state index >= 15 is 0 Å². The van der Waals surface area contributed by atoms with Crippen molar-refractivity contribution >= 4 is 11.9 Å². The maximum atomic E-state index is 11.8. The molecule has 0 rings (SSSR count). The third-order valence-electron chi connectivity index (χ3n) is 7.01. The molecule has 0 saturated carbocycles. The van der Waals surface area contributed by atoms with Gasteiger partial charge in [-0.1, -0.05) is 55.4 Å². The summed E-state index contributed by atoms with van der Waals surface area (Å²) in [5.74, 6) is -1.29. The molecule has 0 aromatic heterocycles. The minimum atomic E-state index is -0.836. The van der Waals surface area contributed by atoms with Gasteiger partial charge < -0.3 is 10.2 Å². The van der Waals surface area contributed by atoms with Gasteiger partial charge in [0.05, 0.1) is 10.8 Å². The van der Waals surface area contributed by atoms with Crippen LogP contribution in [-0.4, -0.2) is 22.2 Å². The molecule has 160 valence electrons. The van der Waals surface area contributed by atoms with E-state index in [9.17, 15) is 19.8 Å². The van der Waals surface area contributed by atoms with Crippen LogP contribution in [-0.2, 0) is 9.59 Å². The fraction of sp³-hybridized carbons (Fsp3) is 0.913. The van der Waals surface area contributed by atoms with Crippen LogP contribution in [0, 0.1) is 38.9 Å². The number of carbonyl (C=O) groups is 2. The van der Waals surface area contributed by atoms with Gasteiger partial charge in [0, 0.05) is 0 Å². The minimum Gasteiger partial charge on any atom is -0.481 e. The molecule has 2 N–H and O–H groups in total. The lowest BCUT2D eigenvalue weighted by Crippen LogP contribution is -2.50. The zero-order chi connectivity index (χ0) is 22.2. The maximum absolute atomic E-state index is 11.8. The Balaban J connectivity index is 6.23. The van der Waals surface area contributed by atoms with E-state index in [1.165, 1.54) is 0 Å². The summed E-state index contributed by atoms with van der Waals surface area (Å²) in [5, 5.41) is 19.3. The SMILES string of the molecule is CC(CC(C)(C)C(=O)O)C(C(C)(C)CC(C)(C)C(=O)O)C(C)(C)C(C)(C)C. The third-order valence-corrected chi connectivity index (χ3v) is 7.01. The van der Waals surface area contributed by atoms with Crippen LogP contribution in [0.25, 0.3) is 0 Å². The monoisotopic (exact) mass is 384 g/mol. The molecular weight excluding hydrogens is 340 g/mol. The quantitative estimate of drug-likeness (QED) is 0.486. The summed E-state index contributed by atoms with van der Waals surface area (Å²) in [6.45, 7) is 24.7. The normalized spacial score (nSPS) is 16.7. The van der Waals surface area contributed by atoms with Gasteiger partial charge in [-0.15, -0.1) is 0 Å². The molecule has 0 aliphatic rings. The Morgan fingerprint density at radius 2 is 1.11 bits per heavy atom. The first-order chi connectivity index (χ1) is 11.6. The van der Waals surface area contributed by atoms with Crippen molar-refractivity contribution < 1.29 is 19.8 Å². The summed E-state index contributed by atoms with van der Waals surface area (Å²) in [6.07, 6.45) is 1.10. The van der Waals surface area contributed by atoms with Gasteiger partial charge in [-0.2, -0.15) is 0 Å². The molecule has 0 aliphatic heterocycles. The Bertz CT molecular complexity index is 547. The summed E-state index contributed by atoms with van der Waals surface area (Å²) in [5.41, 5.74) is -2.04. The lowest BCUT2D eigenvalue weighted by molar-refractivity contribution is -0.152. The minimum absolute atomic E-state index is 0.00999. The highest BCUT2D eigenvalue weighted by Gasteiger charge is 2.52. The zero-order valence-electron chi connectivity index (χ0n) is 19.8. The van der Waals surface area contributed by atoms with E-state index in [0.717, 1.165) is 0 Å². The van der Waals surface area contributed by atoms with E-state index in [4.69, 9.17) is 0 Å². The first-order valence-electron chi connectivity index (χ1n) is 10.1. The van der Waals surface area contributed by atoms with Crippen molar-refractivity contribution in [3.05, 3.63) is 0 Å². The third kappa shape index (κ3) is 5.96. The van der Waals surface area contributed by atoms with Gasteiger partial charge in [-0.3, -0.25) is 9.59 Å². The Kier molecular flexibility index (Phi) is 7.45. The van der Waals surface area contributed by atoms with E-state index < -0.39 is 22.8 Å². The molecule has 4 heteroatoms. The smallest absolute Gasteiger partial charge is 0.309 e. The summed E-state index contributed by atoms with van der Waals surface area (Å²) >= 11 is 0.